The maximum atomic E-state index is 12.9. The van der Waals surface area contributed by atoms with E-state index in [1.807, 2.05) is 49.8 Å². The molecule has 146 valence electrons. The molecule has 1 unspecified atom stereocenters. The molecule has 0 saturated carbocycles. The third-order valence-corrected chi connectivity index (χ3v) is 5.73. The molecular weight excluding hydrogens is 368 g/mol. The van der Waals surface area contributed by atoms with Gasteiger partial charge in [-0.3, -0.25) is 4.79 Å². The number of carbonyl (C=O) groups excluding carboxylic acids is 1. The number of nitrogens with zero attached hydrogens (tertiary/aromatic N) is 1. The number of hydrogen-bond donors (Lipinski definition) is 1. The van der Waals surface area contributed by atoms with Crippen molar-refractivity contribution in [2.24, 2.45) is 0 Å². The van der Waals surface area contributed by atoms with Crippen LogP contribution in [-0.2, 0) is 0 Å². The molecule has 28 heavy (non-hydrogen) atoms. The van der Waals surface area contributed by atoms with Crippen molar-refractivity contribution in [2.75, 3.05) is 27.7 Å². The fraction of sp³-hybridized carbons (Fsp3) is 0.261. The average Bonchev–Trinajstić information content (AvgIpc) is 3.19. The number of nitrogens with one attached hydrogen (secondary N) is 1. The van der Waals surface area contributed by atoms with E-state index in [1.165, 1.54) is 16.9 Å². The predicted molar refractivity (Wildman–Crippen MR) is 116 cm³/mol. The van der Waals surface area contributed by atoms with E-state index in [9.17, 15) is 4.79 Å². The van der Waals surface area contributed by atoms with Crippen LogP contribution in [0.15, 0.2) is 60.0 Å². The van der Waals surface area contributed by atoms with Gasteiger partial charge in [-0.1, -0.05) is 42.0 Å². The summed E-state index contributed by atoms with van der Waals surface area (Å²) in [5, 5.41) is 5.08. The second-order valence-electron chi connectivity index (χ2n) is 6.99. The molecule has 3 rings (SSSR count). The fourth-order valence-electron chi connectivity index (χ4n) is 3.14. The lowest BCUT2D eigenvalue weighted by Crippen LogP contribution is -2.34. The summed E-state index contributed by atoms with van der Waals surface area (Å²) in [4.78, 5) is 15.7. The lowest BCUT2D eigenvalue weighted by atomic mass is 10.0. The van der Waals surface area contributed by atoms with Gasteiger partial charge in [-0.05, 0) is 55.7 Å². The highest BCUT2D eigenvalue weighted by Gasteiger charge is 2.19. The van der Waals surface area contributed by atoms with E-state index in [4.69, 9.17) is 4.74 Å². The molecule has 3 aromatic rings. The van der Waals surface area contributed by atoms with Gasteiger partial charge >= 0.3 is 0 Å². The van der Waals surface area contributed by atoms with Crippen LogP contribution in [0.2, 0.25) is 0 Å². The molecule has 0 fully saturated rings. The smallest absolute Gasteiger partial charge is 0.262 e. The number of ether oxygens (including phenoxy) is 1. The summed E-state index contributed by atoms with van der Waals surface area (Å²) in [7, 11) is 5.69. The Balaban J connectivity index is 1.73. The van der Waals surface area contributed by atoms with Crippen molar-refractivity contribution in [1.29, 1.82) is 0 Å². The van der Waals surface area contributed by atoms with Crippen molar-refractivity contribution >= 4 is 17.2 Å². The summed E-state index contributed by atoms with van der Waals surface area (Å²) < 4.78 is 5.24. The van der Waals surface area contributed by atoms with E-state index in [2.05, 4.69) is 41.4 Å². The van der Waals surface area contributed by atoms with Gasteiger partial charge < -0.3 is 15.0 Å². The topological polar surface area (TPSA) is 41.6 Å². The van der Waals surface area contributed by atoms with Crippen LogP contribution >= 0.6 is 11.3 Å². The van der Waals surface area contributed by atoms with E-state index < -0.39 is 0 Å². The third-order valence-electron chi connectivity index (χ3n) is 4.81. The number of hydrogen-bond acceptors (Lipinski definition) is 4. The molecule has 1 atom stereocenters. The first kappa shape index (κ1) is 20.1. The standard InChI is InChI=1S/C23H26N2O2S/c1-16-5-7-17(8-6-16)20-13-14-28-22(20)23(26)24-15-21(25(2)3)18-9-11-19(27-4)12-10-18/h5-14,21H,15H2,1-4H3,(H,24,26). The molecule has 0 aliphatic carbocycles. The van der Waals surface area contributed by atoms with Crippen LogP contribution in [0.3, 0.4) is 0 Å². The van der Waals surface area contributed by atoms with Gasteiger partial charge in [-0.15, -0.1) is 11.3 Å². The number of likely N-dealkylation sites (N-methyl/N-ethyl adjacent to an activating group) is 1. The van der Waals surface area contributed by atoms with Crippen molar-refractivity contribution in [1.82, 2.24) is 10.2 Å². The fourth-order valence-corrected chi connectivity index (χ4v) is 3.97. The van der Waals surface area contributed by atoms with Gasteiger partial charge in [0.1, 0.15) is 5.75 Å². The summed E-state index contributed by atoms with van der Waals surface area (Å²) in [5.74, 6) is 0.789. The molecule has 1 amide bonds. The number of carbonyl (C=O) groups is 1. The van der Waals surface area contributed by atoms with E-state index in [0.717, 1.165) is 27.3 Å². The molecule has 1 aromatic heterocycles. The van der Waals surface area contributed by atoms with Crippen molar-refractivity contribution < 1.29 is 9.53 Å². The molecule has 1 N–H and O–H groups in total. The van der Waals surface area contributed by atoms with Crippen LogP contribution in [0.1, 0.15) is 26.8 Å². The molecular formula is C23H26N2O2S. The summed E-state index contributed by atoms with van der Waals surface area (Å²) in [6.07, 6.45) is 0. The third kappa shape index (κ3) is 4.61. The zero-order valence-electron chi connectivity index (χ0n) is 16.7. The normalized spacial score (nSPS) is 12.0. The van der Waals surface area contributed by atoms with Gasteiger partial charge in [0, 0.05) is 12.1 Å². The minimum Gasteiger partial charge on any atom is -0.497 e. The minimum atomic E-state index is -0.0362. The number of thiophene rings is 1. The zero-order valence-corrected chi connectivity index (χ0v) is 17.5. The molecule has 0 aliphatic rings. The van der Waals surface area contributed by atoms with Crippen molar-refractivity contribution in [3.8, 4) is 16.9 Å². The minimum absolute atomic E-state index is 0.0362. The first-order chi connectivity index (χ1) is 13.5. The summed E-state index contributed by atoms with van der Waals surface area (Å²) in [5.41, 5.74) is 4.39. The first-order valence-electron chi connectivity index (χ1n) is 9.22. The first-order valence-corrected chi connectivity index (χ1v) is 10.1. The number of aryl methyl sites for hydroxylation is 1. The molecule has 0 saturated heterocycles. The van der Waals surface area contributed by atoms with Crippen LogP contribution in [0.25, 0.3) is 11.1 Å². The van der Waals surface area contributed by atoms with Gasteiger partial charge in [-0.25, -0.2) is 0 Å². The maximum Gasteiger partial charge on any atom is 0.262 e. The van der Waals surface area contributed by atoms with Crippen molar-refractivity contribution in [2.45, 2.75) is 13.0 Å². The Kier molecular flexibility index (Phi) is 6.49. The second kappa shape index (κ2) is 9.04. The molecule has 1 heterocycles. The molecule has 0 bridgehead atoms. The Bertz CT molecular complexity index is 915. The van der Waals surface area contributed by atoms with Gasteiger partial charge in [0.25, 0.3) is 5.91 Å². The van der Waals surface area contributed by atoms with Gasteiger partial charge in [0.15, 0.2) is 0 Å². The Morgan fingerprint density at radius 3 is 2.36 bits per heavy atom. The highest BCUT2D eigenvalue weighted by Crippen LogP contribution is 2.29. The maximum absolute atomic E-state index is 12.9. The van der Waals surface area contributed by atoms with E-state index in [1.54, 1.807) is 7.11 Å². The zero-order chi connectivity index (χ0) is 20.1. The Hall–Kier alpha value is -2.63. The Morgan fingerprint density at radius 1 is 1.07 bits per heavy atom. The van der Waals surface area contributed by atoms with Gasteiger partial charge in [-0.2, -0.15) is 0 Å². The summed E-state index contributed by atoms with van der Waals surface area (Å²) in [6, 6.07) is 18.3. The molecule has 0 aliphatic heterocycles. The van der Waals surface area contributed by atoms with Gasteiger partial charge in [0.05, 0.1) is 18.0 Å². The quantitative estimate of drug-likeness (QED) is 0.628. The van der Waals surface area contributed by atoms with Crippen LogP contribution in [-0.4, -0.2) is 38.6 Å². The number of benzene rings is 2. The summed E-state index contributed by atoms with van der Waals surface area (Å²) in [6.45, 7) is 2.59. The highest BCUT2D eigenvalue weighted by molar-refractivity contribution is 7.12. The van der Waals surface area contributed by atoms with Crippen LogP contribution in [0.4, 0.5) is 0 Å². The second-order valence-corrected chi connectivity index (χ2v) is 7.91. The van der Waals surface area contributed by atoms with Crippen molar-refractivity contribution in [3.63, 3.8) is 0 Å². The Morgan fingerprint density at radius 2 is 1.75 bits per heavy atom. The molecule has 5 heteroatoms. The van der Waals surface area contributed by atoms with Gasteiger partial charge in [0.2, 0.25) is 0 Å². The SMILES string of the molecule is COc1ccc(C(CNC(=O)c2sccc2-c2ccc(C)cc2)N(C)C)cc1. The van der Waals surface area contributed by atoms with Crippen molar-refractivity contribution in [3.05, 3.63) is 76.0 Å². The molecule has 0 radical (unpaired) electrons. The van der Waals surface area contributed by atoms with E-state index in [0.29, 0.717) is 6.54 Å². The predicted octanol–water partition coefficient (Wildman–Crippen LogP) is 4.76. The molecule has 0 spiro atoms. The Labute approximate surface area is 170 Å². The monoisotopic (exact) mass is 394 g/mol. The lowest BCUT2D eigenvalue weighted by molar-refractivity contribution is 0.0946. The lowest BCUT2D eigenvalue weighted by Gasteiger charge is -2.25. The summed E-state index contributed by atoms with van der Waals surface area (Å²) >= 11 is 1.48. The number of methoxy groups -OCH3 is 1. The number of rotatable bonds is 7. The molecule has 4 nitrogen and oxygen atoms in total. The van der Waals surface area contributed by atoms with Crippen LogP contribution in [0.5, 0.6) is 5.75 Å². The largest absolute Gasteiger partial charge is 0.497 e. The van der Waals surface area contributed by atoms with Crippen LogP contribution in [0, 0.1) is 6.92 Å². The van der Waals surface area contributed by atoms with E-state index in [-0.39, 0.29) is 11.9 Å². The van der Waals surface area contributed by atoms with Crippen LogP contribution < -0.4 is 10.1 Å². The number of amides is 1. The van der Waals surface area contributed by atoms with E-state index >= 15 is 0 Å². The highest BCUT2D eigenvalue weighted by atomic mass is 32.1. The molecule has 2 aromatic carbocycles. The average molecular weight is 395 g/mol.